The Balaban J connectivity index is 1.84. The van der Waals surface area contributed by atoms with Crippen LogP contribution in [-0.2, 0) is 4.74 Å². The Bertz CT molecular complexity index is 456. The second kappa shape index (κ2) is 7.14. The summed E-state index contributed by atoms with van der Waals surface area (Å²) in [7, 11) is 1.58. The standard InChI is InChI=1S/C15H22N2O3/c1-18-13-8-11(15(16)17)9-14(10-13)20-7-3-5-12-4-2-6-19-12/h8-10,12H,2-7H2,1H3,(H3,16,17). The molecule has 2 rings (SSSR count). The minimum atomic E-state index is 0.00751. The van der Waals surface area contributed by atoms with E-state index in [1.165, 1.54) is 6.42 Å². The molecule has 5 heteroatoms. The molecule has 1 unspecified atom stereocenters. The summed E-state index contributed by atoms with van der Waals surface area (Å²) >= 11 is 0. The van der Waals surface area contributed by atoms with Crippen molar-refractivity contribution in [2.45, 2.75) is 31.8 Å². The normalized spacial score (nSPS) is 17.9. The lowest BCUT2D eigenvalue weighted by Crippen LogP contribution is -2.12. The minimum Gasteiger partial charge on any atom is -0.497 e. The van der Waals surface area contributed by atoms with Gasteiger partial charge in [-0.05, 0) is 37.8 Å². The fourth-order valence-corrected chi connectivity index (χ4v) is 2.30. The Morgan fingerprint density at radius 2 is 2.20 bits per heavy atom. The van der Waals surface area contributed by atoms with E-state index in [0.717, 1.165) is 25.9 Å². The fourth-order valence-electron chi connectivity index (χ4n) is 2.30. The zero-order valence-electron chi connectivity index (χ0n) is 11.9. The van der Waals surface area contributed by atoms with Gasteiger partial charge in [-0.2, -0.15) is 0 Å². The van der Waals surface area contributed by atoms with Crippen LogP contribution in [0.2, 0.25) is 0 Å². The molecule has 0 bridgehead atoms. The lowest BCUT2D eigenvalue weighted by atomic mass is 10.1. The Morgan fingerprint density at radius 3 is 2.85 bits per heavy atom. The number of hydrogen-bond donors (Lipinski definition) is 2. The lowest BCUT2D eigenvalue weighted by molar-refractivity contribution is 0.0981. The van der Waals surface area contributed by atoms with Crippen molar-refractivity contribution < 1.29 is 14.2 Å². The first-order chi connectivity index (χ1) is 9.69. The molecule has 1 aromatic carbocycles. The molecule has 0 amide bonds. The van der Waals surface area contributed by atoms with Gasteiger partial charge in [0.15, 0.2) is 0 Å². The summed E-state index contributed by atoms with van der Waals surface area (Å²) in [4.78, 5) is 0. The van der Waals surface area contributed by atoms with Gasteiger partial charge < -0.3 is 19.9 Å². The molecule has 0 aromatic heterocycles. The fraction of sp³-hybridized carbons (Fsp3) is 0.533. The maximum Gasteiger partial charge on any atom is 0.123 e. The molecule has 0 saturated carbocycles. The van der Waals surface area contributed by atoms with E-state index in [0.29, 0.717) is 29.8 Å². The van der Waals surface area contributed by atoms with Crippen molar-refractivity contribution >= 4 is 5.84 Å². The predicted molar refractivity (Wildman–Crippen MR) is 77.7 cm³/mol. The second-order valence-electron chi connectivity index (χ2n) is 4.94. The molecular formula is C15H22N2O3. The average molecular weight is 278 g/mol. The Hall–Kier alpha value is -1.75. The quantitative estimate of drug-likeness (QED) is 0.456. The molecule has 3 N–H and O–H groups in total. The van der Waals surface area contributed by atoms with E-state index in [9.17, 15) is 0 Å². The van der Waals surface area contributed by atoms with Crippen molar-refractivity contribution in [3.8, 4) is 11.5 Å². The summed E-state index contributed by atoms with van der Waals surface area (Å²) in [5.74, 6) is 1.34. The highest BCUT2D eigenvalue weighted by molar-refractivity contribution is 5.95. The number of rotatable bonds is 7. The SMILES string of the molecule is COc1cc(OCCCC2CCCO2)cc(C(=N)N)c1. The Morgan fingerprint density at radius 1 is 1.40 bits per heavy atom. The van der Waals surface area contributed by atoms with E-state index in [1.807, 2.05) is 0 Å². The van der Waals surface area contributed by atoms with Crippen molar-refractivity contribution in [1.29, 1.82) is 5.41 Å². The topological polar surface area (TPSA) is 77.6 Å². The van der Waals surface area contributed by atoms with E-state index >= 15 is 0 Å². The van der Waals surface area contributed by atoms with Crippen LogP contribution in [0.1, 0.15) is 31.2 Å². The average Bonchev–Trinajstić information content (AvgIpc) is 2.96. The van der Waals surface area contributed by atoms with Crippen LogP contribution < -0.4 is 15.2 Å². The highest BCUT2D eigenvalue weighted by atomic mass is 16.5. The first kappa shape index (κ1) is 14.7. The van der Waals surface area contributed by atoms with E-state index in [-0.39, 0.29) is 5.84 Å². The summed E-state index contributed by atoms with van der Waals surface area (Å²) in [6.45, 7) is 1.52. The van der Waals surface area contributed by atoms with Crippen LogP contribution in [0.25, 0.3) is 0 Å². The summed E-state index contributed by atoms with van der Waals surface area (Å²) < 4.78 is 16.5. The molecule has 110 valence electrons. The van der Waals surface area contributed by atoms with Crippen LogP contribution in [0.5, 0.6) is 11.5 Å². The van der Waals surface area contributed by atoms with Crippen LogP contribution in [-0.4, -0.2) is 32.3 Å². The van der Waals surface area contributed by atoms with E-state index < -0.39 is 0 Å². The lowest BCUT2D eigenvalue weighted by Gasteiger charge is -2.12. The van der Waals surface area contributed by atoms with Gasteiger partial charge in [-0.1, -0.05) is 0 Å². The Labute approximate surface area is 119 Å². The third kappa shape index (κ3) is 4.13. The molecule has 1 saturated heterocycles. The number of amidine groups is 1. The molecule has 1 aliphatic heterocycles. The molecule has 0 radical (unpaired) electrons. The van der Waals surface area contributed by atoms with Gasteiger partial charge in [0, 0.05) is 18.2 Å². The van der Waals surface area contributed by atoms with Gasteiger partial charge in [0.05, 0.1) is 19.8 Å². The van der Waals surface area contributed by atoms with Gasteiger partial charge in [-0.25, -0.2) is 0 Å². The maximum atomic E-state index is 7.48. The van der Waals surface area contributed by atoms with Crippen LogP contribution in [0.3, 0.4) is 0 Å². The molecule has 0 aliphatic carbocycles. The zero-order chi connectivity index (χ0) is 14.4. The van der Waals surface area contributed by atoms with Gasteiger partial charge in [-0.3, -0.25) is 5.41 Å². The van der Waals surface area contributed by atoms with Gasteiger partial charge in [-0.15, -0.1) is 0 Å². The summed E-state index contributed by atoms with van der Waals surface area (Å²) in [6.07, 6.45) is 4.72. The highest BCUT2D eigenvalue weighted by Crippen LogP contribution is 2.23. The number of benzene rings is 1. The monoisotopic (exact) mass is 278 g/mol. The number of nitrogens with two attached hydrogens (primary N) is 1. The second-order valence-corrected chi connectivity index (χ2v) is 4.94. The van der Waals surface area contributed by atoms with Crippen LogP contribution in [0.15, 0.2) is 18.2 Å². The van der Waals surface area contributed by atoms with Crippen molar-refractivity contribution in [2.24, 2.45) is 5.73 Å². The number of nitrogens with one attached hydrogen (secondary N) is 1. The third-order valence-corrected chi connectivity index (χ3v) is 3.39. The van der Waals surface area contributed by atoms with Crippen molar-refractivity contribution in [2.75, 3.05) is 20.3 Å². The first-order valence-corrected chi connectivity index (χ1v) is 6.97. The van der Waals surface area contributed by atoms with Gasteiger partial charge in [0.25, 0.3) is 0 Å². The van der Waals surface area contributed by atoms with E-state index in [1.54, 1.807) is 25.3 Å². The zero-order valence-corrected chi connectivity index (χ0v) is 11.9. The highest BCUT2D eigenvalue weighted by Gasteiger charge is 2.14. The summed E-state index contributed by atoms with van der Waals surface area (Å²) in [6, 6.07) is 5.29. The molecule has 1 atom stereocenters. The predicted octanol–water partition coefficient (Wildman–Crippen LogP) is 2.32. The largest absolute Gasteiger partial charge is 0.497 e. The summed E-state index contributed by atoms with van der Waals surface area (Å²) in [5.41, 5.74) is 6.11. The van der Waals surface area contributed by atoms with Gasteiger partial charge in [0.2, 0.25) is 0 Å². The molecule has 1 aromatic rings. The molecule has 0 spiro atoms. The number of methoxy groups -OCH3 is 1. The number of ether oxygens (including phenoxy) is 3. The molecule has 1 fully saturated rings. The van der Waals surface area contributed by atoms with Gasteiger partial charge in [0.1, 0.15) is 17.3 Å². The smallest absolute Gasteiger partial charge is 0.123 e. The summed E-state index contributed by atoms with van der Waals surface area (Å²) in [5, 5.41) is 7.48. The third-order valence-electron chi connectivity index (χ3n) is 3.39. The van der Waals surface area contributed by atoms with Crippen LogP contribution in [0, 0.1) is 5.41 Å². The van der Waals surface area contributed by atoms with Crippen LogP contribution in [0.4, 0.5) is 0 Å². The van der Waals surface area contributed by atoms with E-state index in [2.05, 4.69) is 0 Å². The number of nitrogen functional groups attached to an aromatic ring is 1. The molecule has 1 heterocycles. The van der Waals surface area contributed by atoms with E-state index in [4.69, 9.17) is 25.4 Å². The number of hydrogen-bond acceptors (Lipinski definition) is 4. The Kier molecular flexibility index (Phi) is 5.24. The van der Waals surface area contributed by atoms with Crippen molar-refractivity contribution in [3.63, 3.8) is 0 Å². The maximum absolute atomic E-state index is 7.48. The van der Waals surface area contributed by atoms with Crippen molar-refractivity contribution in [1.82, 2.24) is 0 Å². The molecule has 1 aliphatic rings. The minimum absolute atomic E-state index is 0.00751. The molecular weight excluding hydrogens is 256 g/mol. The van der Waals surface area contributed by atoms with Gasteiger partial charge >= 0.3 is 0 Å². The first-order valence-electron chi connectivity index (χ1n) is 6.97. The van der Waals surface area contributed by atoms with Crippen molar-refractivity contribution in [3.05, 3.63) is 23.8 Å². The van der Waals surface area contributed by atoms with Crippen LogP contribution >= 0.6 is 0 Å². The molecule has 20 heavy (non-hydrogen) atoms. The molecule has 5 nitrogen and oxygen atoms in total.